The minimum absolute atomic E-state index is 0.0384. The molecule has 3 heteroatoms. The smallest absolute Gasteiger partial charge is 0.246 e. The summed E-state index contributed by atoms with van der Waals surface area (Å²) in [4.78, 5) is 10.9. The van der Waals surface area contributed by atoms with Crippen molar-refractivity contribution < 1.29 is 4.79 Å². The summed E-state index contributed by atoms with van der Waals surface area (Å²) in [5.41, 5.74) is 2.08. The molecule has 56 valence electrons. The Labute approximate surface area is 60.5 Å². The third-order valence-corrected chi connectivity index (χ3v) is 1.77. The number of nitrogens with one attached hydrogen (secondary N) is 2. The van der Waals surface area contributed by atoms with Gasteiger partial charge in [0.2, 0.25) is 5.91 Å². The van der Waals surface area contributed by atoms with Crippen molar-refractivity contribution in [3.63, 3.8) is 0 Å². The van der Waals surface area contributed by atoms with Crippen LogP contribution in [0.1, 0.15) is 6.92 Å². The molecule has 0 spiro atoms. The van der Waals surface area contributed by atoms with E-state index in [1.807, 2.05) is 6.92 Å². The zero-order chi connectivity index (χ0) is 7.56. The van der Waals surface area contributed by atoms with Crippen LogP contribution in [0.3, 0.4) is 0 Å². The highest BCUT2D eigenvalue weighted by atomic mass is 16.1. The summed E-state index contributed by atoms with van der Waals surface area (Å²) in [7, 11) is 1.65. The largest absolute Gasteiger partial charge is 0.355 e. The molecular weight excluding hydrogens is 128 g/mol. The quantitative estimate of drug-likeness (QED) is 0.489. The van der Waals surface area contributed by atoms with E-state index >= 15 is 0 Å². The van der Waals surface area contributed by atoms with Crippen LogP contribution in [-0.4, -0.2) is 26.0 Å². The molecule has 10 heavy (non-hydrogen) atoms. The highest BCUT2D eigenvalue weighted by Crippen LogP contribution is 2.07. The molecule has 1 rings (SSSR count). The van der Waals surface area contributed by atoms with Gasteiger partial charge in [-0.2, -0.15) is 0 Å². The third-order valence-electron chi connectivity index (χ3n) is 1.77. The first-order valence-electron chi connectivity index (χ1n) is 3.37. The molecule has 1 aliphatic heterocycles. The van der Waals surface area contributed by atoms with Crippen molar-refractivity contribution in [1.82, 2.24) is 10.6 Å². The Morgan fingerprint density at radius 1 is 1.60 bits per heavy atom. The molecule has 1 amide bonds. The molecule has 0 aliphatic carbocycles. The van der Waals surface area contributed by atoms with Crippen molar-refractivity contribution in [3.8, 4) is 0 Å². The van der Waals surface area contributed by atoms with Gasteiger partial charge >= 0.3 is 0 Å². The van der Waals surface area contributed by atoms with Crippen LogP contribution in [0.25, 0.3) is 0 Å². The van der Waals surface area contributed by atoms with Crippen molar-refractivity contribution in [3.05, 3.63) is 11.1 Å². The lowest BCUT2D eigenvalue weighted by atomic mass is 10.0. The van der Waals surface area contributed by atoms with Crippen LogP contribution in [0, 0.1) is 0 Å². The SMILES string of the molecule is CNC(=O)C(C)=C1CNC1. The Hall–Kier alpha value is -0.830. The maximum absolute atomic E-state index is 10.9. The zero-order valence-corrected chi connectivity index (χ0v) is 6.32. The van der Waals surface area contributed by atoms with Crippen molar-refractivity contribution in [2.75, 3.05) is 20.1 Å². The minimum atomic E-state index is 0.0384. The van der Waals surface area contributed by atoms with Crippen LogP contribution in [0.5, 0.6) is 0 Å². The average Bonchev–Trinajstić information content (AvgIpc) is 1.82. The van der Waals surface area contributed by atoms with Crippen molar-refractivity contribution in [2.45, 2.75) is 6.92 Å². The van der Waals surface area contributed by atoms with Crippen LogP contribution in [-0.2, 0) is 4.79 Å². The van der Waals surface area contributed by atoms with E-state index in [2.05, 4.69) is 10.6 Å². The number of carbonyl (C=O) groups is 1. The minimum Gasteiger partial charge on any atom is -0.355 e. The van der Waals surface area contributed by atoms with Crippen molar-refractivity contribution >= 4 is 5.91 Å². The van der Waals surface area contributed by atoms with Gasteiger partial charge in [-0.05, 0) is 12.5 Å². The Morgan fingerprint density at radius 3 is 2.50 bits per heavy atom. The zero-order valence-electron chi connectivity index (χ0n) is 6.32. The van der Waals surface area contributed by atoms with E-state index < -0.39 is 0 Å². The van der Waals surface area contributed by atoms with Crippen LogP contribution in [0.15, 0.2) is 11.1 Å². The molecule has 0 bridgehead atoms. The monoisotopic (exact) mass is 140 g/mol. The lowest BCUT2D eigenvalue weighted by molar-refractivity contribution is -0.117. The van der Waals surface area contributed by atoms with Gasteiger partial charge in [-0.1, -0.05) is 0 Å². The van der Waals surface area contributed by atoms with Crippen LogP contribution in [0.4, 0.5) is 0 Å². The third kappa shape index (κ3) is 1.19. The van der Waals surface area contributed by atoms with Crippen molar-refractivity contribution in [2.24, 2.45) is 0 Å². The molecule has 0 aromatic heterocycles. The van der Waals surface area contributed by atoms with Crippen LogP contribution >= 0.6 is 0 Å². The van der Waals surface area contributed by atoms with E-state index in [4.69, 9.17) is 0 Å². The molecule has 2 N–H and O–H groups in total. The number of hydrogen-bond donors (Lipinski definition) is 2. The number of amides is 1. The van der Waals surface area contributed by atoms with Gasteiger partial charge in [0.05, 0.1) is 0 Å². The number of carbonyl (C=O) groups excluding carboxylic acids is 1. The van der Waals surface area contributed by atoms with Crippen LogP contribution in [0.2, 0.25) is 0 Å². The van der Waals surface area contributed by atoms with Gasteiger partial charge in [-0.3, -0.25) is 4.79 Å². The second-order valence-corrected chi connectivity index (χ2v) is 2.41. The molecule has 1 fully saturated rings. The van der Waals surface area contributed by atoms with E-state index in [0.29, 0.717) is 0 Å². The summed E-state index contributed by atoms with van der Waals surface area (Å²) in [6.07, 6.45) is 0. The fourth-order valence-electron chi connectivity index (χ4n) is 0.863. The normalized spacial score (nSPS) is 16.0. The molecule has 0 aromatic rings. The lowest BCUT2D eigenvalue weighted by Crippen LogP contribution is -2.37. The number of likely N-dealkylation sites (N-methyl/N-ethyl adjacent to an activating group) is 1. The van der Waals surface area contributed by atoms with E-state index in [1.54, 1.807) is 7.05 Å². The van der Waals surface area contributed by atoms with Gasteiger partial charge in [0.1, 0.15) is 0 Å². The molecule has 1 aliphatic rings. The molecule has 1 heterocycles. The number of hydrogen-bond acceptors (Lipinski definition) is 2. The summed E-state index contributed by atoms with van der Waals surface area (Å²) in [6, 6.07) is 0. The van der Waals surface area contributed by atoms with Crippen molar-refractivity contribution in [1.29, 1.82) is 0 Å². The summed E-state index contributed by atoms with van der Waals surface area (Å²) in [6.45, 7) is 3.60. The molecule has 0 aromatic carbocycles. The van der Waals surface area contributed by atoms with Gasteiger partial charge in [0.15, 0.2) is 0 Å². The molecule has 0 radical (unpaired) electrons. The van der Waals surface area contributed by atoms with Crippen LogP contribution < -0.4 is 10.6 Å². The maximum Gasteiger partial charge on any atom is 0.246 e. The molecular formula is C7H12N2O. The van der Waals surface area contributed by atoms with Gasteiger partial charge in [-0.15, -0.1) is 0 Å². The second kappa shape index (κ2) is 2.84. The Morgan fingerprint density at radius 2 is 2.20 bits per heavy atom. The average molecular weight is 140 g/mol. The fourth-order valence-corrected chi connectivity index (χ4v) is 0.863. The van der Waals surface area contributed by atoms with E-state index in [0.717, 1.165) is 18.7 Å². The van der Waals surface area contributed by atoms with Gasteiger partial charge < -0.3 is 10.6 Å². The molecule has 1 saturated heterocycles. The second-order valence-electron chi connectivity index (χ2n) is 2.41. The van der Waals surface area contributed by atoms with E-state index in [9.17, 15) is 4.79 Å². The van der Waals surface area contributed by atoms with Gasteiger partial charge in [0, 0.05) is 25.7 Å². The predicted octanol–water partition coefficient (Wildman–Crippen LogP) is -0.348. The summed E-state index contributed by atoms with van der Waals surface area (Å²) >= 11 is 0. The molecule has 0 atom stereocenters. The first kappa shape index (κ1) is 7.28. The van der Waals surface area contributed by atoms with Gasteiger partial charge in [0.25, 0.3) is 0 Å². The number of rotatable bonds is 1. The summed E-state index contributed by atoms with van der Waals surface area (Å²) < 4.78 is 0. The molecule has 0 unspecified atom stereocenters. The van der Waals surface area contributed by atoms with Gasteiger partial charge in [-0.25, -0.2) is 0 Å². The lowest BCUT2D eigenvalue weighted by Gasteiger charge is -2.20. The summed E-state index contributed by atoms with van der Waals surface area (Å²) in [5.74, 6) is 0.0384. The highest BCUT2D eigenvalue weighted by Gasteiger charge is 2.14. The topological polar surface area (TPSA) is 41.1 Å². The highest BCUT2D eigenvalue weighted by molar-refractivity contribution is 5.93. The van der Waals surface area contributed by atoms with E-state index in [-0.39, 0.29) is 5.91 Å². The first-order chi connectivity index (χ1) is 4.75. The van der Waals surface area contributed by atoms with E-state index in [1.165, 1.54) is 5.57 Å². The Bertz CT molecular complexity index is 178. The predicted molar refractivity (Wildman–Crippen MR) is 39.6 cm³/mol. The Balaban J connectivity index is 2.61. The molecule has 0 saturated carbocycles. The molecule has 3 nitrogen and oxygen atoms in total. The fraction of sp³-hybridized carbons (Fsp3) is 0.571. The first-order valence-corrected chi connectivity index (χ1v) is 3.37. The summed E-state index contributed by atoms with van der Waals surface area (Å²) in [5, 5.41) is 5.67. The maximum atomic E-state index is 10.9. The standard InChI is InChI=1S/C7H12N2O/c1-5(7(10)8-2)6-3-9-4-6/h9H,3-4H2,1-2H3,(H,8,10). The Kier molecular flexibility index (Phi) is 2.06.